The molecule has 0 N–H and O–H groups in total. The zero-order valence-electron chi connectivity index (χ0n) is 16.7. The molecule has 0 aromatic heterocycles. The first-order valence-corrected chi connectivity index (χ1v) is 10.6. The van der Waals surface area contributed by atoms with Gasteiger partial charge in [0, 0.05) is 22.8 Å². The molecule has 31 heavy (non-hydrogen) atoms. The minimum Gasteiger partial charge on any atom is -0.486 e. The van der Waals surface area contributed by atoms with E-state index in [0.29, 0.717) is 11.8 Å². The summed E-state index contributed by atoms with van der Waals surface area (Å²) in [6.45, 7) is 2.58. The Hall–Kier alpha value is -3.27. The van der Waals surface area contributed by atoms with E-state index in [1.54, 1.807) is 16.7 Å². The van der Waals surface area contributed by atoms with E-state index in [4.69, 9.17) is 14.2 Å². The number of fused-ring (bicyclic) bond motifs is 2. The van der Waals surface area contributed by atoms with Gasteiger partial charge < -0.3 is 19.1 Å². The van der Waals surface area contributed by atoms with Crippen LogP contribution >= 0.6 is 11.8 Å². The van der Waals surface area contributed by atoms with Gasteiger partial charge in [-0.1, -0.05) is 19.1 Å². The molecular weight excluding hydrogens is 424 g/mol. The zero-order chi connectivity index (χ0) is 22.0. The number of ether oxygens (including phenoxy) is 3. The van der Waals surface area contributed by atoms with E-state index in [-0.39, 0.29) is 30.3 Å². The van der Waals surface area contributed by atoms with Crippen molar-refractivity contribution >= 4 is 35.0 Å². The molecule has 1 amide bonds. The lowest BCUT2D eigenvalue weighted by Gasteiger charge is -2.22. The number of carbonyl (C=O) groups is 2. The molecule has 0 saturated carbocycles. The van der Waals surface area contributed by atoms with Gasteiger partial charge in [-0.15, -0.1) is 11.8 Å². The second-order valence-electron chi connectivity index (χ2n) is 7.08. The van der Waals surface area contributed by atoms with Crippen LogP contribution in [-0.2, 0) is 9.53 Å². The second-order valence-corrected chi connectivity index (χ2v) is 8.56. The number of hydrogen-bond acceptors (Lipinski definition) is 8. The number of benzene rings is 2. The molecule has 4 rings (SSSR count). The molecule has 10 heteroatoms. The standard InChI is InChI=1S/C21H20N2O7S/c1-13-6-7-22(15-4-2-3-5-19(15)31-13)20(24)12-30-21(25)14-10-17-18(29-9-8-28-17)11-16(14)23(26)27/h2-5,10-11,13H,6-9,12H2,1H3. The van der Waals surface area contributed by atoms with Gasteiger partial charge in [-0.2, -0.15) is 0 Å². The molecule has 0 saturated heterocycles. The number of hydrogen-bond donors (Lipinski definition) is 0. The maximum Gasteiger partial charge on any atom is 0.345 e. The molecule has 2 aliphatic rings. The van der Waals surface area contributed by atoms with Gasteiger partial charge in [0.05, 0.1) is 16.7 Å². The van der Waals surface area contributed by atoms with Crippen LogP contribution in [0.3, 0.4) is 0 Å². The van der Waals surface area contributed by atoms with Crippen LogP contribution in [0.2, 0.25) is 0 Å². The molecule has 1 atom stereocenters. The van der Waals surface area contributed by atoms with Crippen molar-refractivity contribution in [3.8, 4) is 11.5 Å². The van der Waals surface area contributed by atoms with E-state index < -0.39 is 29.1 Å². The van der Waals surface area contributed by atoms with Gasteiger partial charge >= 0.3 is 5.97 Å². The highest BCUT2D eigenvalue weighted by atomic mass is 32.2. The monoisotopic (exact) mass is 444 g/mol. The lowest BCUT2D eigenvalue weighted by molar-refractivity contribution is -0.385. The number of anilines is 1. The van der Waals surface area contributed by atoms with Crippen LogP contribution in [-0.4, -0.2) is 48.4 Å². The number of rotatable bonds is 4. The van der Waals surface area contributed by atoms with E-state index in [2.05, 4.69) is 6.92 Å². The minimum atomic E-state index is -0.970. The van der Waals surface area contributed by atoms with Crippen LogP contribution < -0.4 is 14.4 Å². The second kappa shape index (κ2) is 8.84. The van der Waals surface area contributed by atoms with Crippen molar-refractivity contribution in [2.45, 2.75) is 23.5 Å². The molecule has 0 spiro atoms. The zero-order valence-corrected chi connectivity index (χ0v) is 17.6. The Morgan fingerprint density at radius 2 is 1.94 bits per heavy atom. The van der Waals surface area contributed by atoms with Crippen LogP contribution in [0.5, 0.6) is 11.5 Å². The number of amides is 1. The summed E-state index contributed by atoms with van der Waals surface area (Å²) < 4.78 is 15.9. The van der Waals surface area contributed by atoms with Gasteiger partial charge in [0.25, 0.3) is 11.6 Å². The maximum absolute atomic E-state index is 12.9. The SMILES string of the molecule is CC1CCN(C(=O)COC(=O)c2cc3c(cc2[N+](=O)[O-])OCCO3)c2ccccc2S1. The van der Waals surface area contributed by atoms with Gasteiger partial charge in [-0.3, -0.25) is 14.9 Å². The van der Waals surface area contributed by atoms with Crippen molar-refractivity contribution in [1.82, 2.24) is 0 Å². The summed E-state index contributed by atoms with van der Waals surface area (Å²) in [6, 6.07) is 9.92. The van der Waals surface area contributed by atoms with Gasteiger partial charge in [0.2, 0.25) is 0 Å². The lowest BCUT2D eigenvalue weighted by Crippen LogP contribution is -2.35. The fourth-order valence-electron chi connectivity index (χ4n) is 3.42. The summed E-state index contributed by atoms with van der Waals surface area (Å²) in [5, 5.41) is 11.8. The Kier molecular flexibility index (Phi) is 5.99. The van der Waals surface area contributed by atoms with Gasteiger partial charge in [0.15, 0.2) is 18.1 Å². The molecule has 0 fully saturated rings. The number of nitro benzene ring substituents is 1. The molecule has 0 bridgehead atoms. The van der Waals surface area contributed by atoms with Gasteiger partial charge in [0.1, 0.15) is 18.8 Å². The molecule has 0 aliphatic carbocycles. The molecule has 1 unspecified atom stereocenters. The number of esters is 1. The first-order chi connectivity index (χ1) is 14.9. The predicted molar refractivity (Wildman–Crippen MR) is 113 cm³/mol. The topological polar surface area (TPSA) is 108 Å². The first-order valence-electron chi connectivity index (χ1n) is 9.75. The summed E-state index contributed by atoms with van der Waals surface area (Å²) in [6.07, 6.45) is 0.784. The van der Waals surface area contributed by atoms with Gasteiger partial charge in [-0.25, -0.2) is 4.79 Å². The molecule has 9 nitrogen and oxygen atoms in total. The quantitative estimate of drug-likeness (QED) is 0.401. The predicted octanol–water partition coefficient (Wildman–Crippen LogP) is 3.44. The van der Waals surface area contributed by atoms with Crippen molar-refractivity contribution in [1.29, 1.82) is 0 Å². The van der Waals surface area contributed by atoms with E-state index in [1.807, 2.05) is 24.3 Å². The number of thioether (sulfide) groups is 1. The number of nitrogens with zero attached hydrogens (tertiary/aromatic N) is 2. The Balaban J connectivity index is 1.51. The largest absolute Gasteiger partial charge is 0.486 e. The fourth-order valence-corrected chi connectivity index (χ4v) is 4.53. The summed E-state index contributed by atoms with van der Waals surface area (Å²) >= 11 is 1.69. The molecular formula is C21H20N2O7S. The molecule has 162 valence electrons. The van der Waals surface area contributed by atoms with E-state index >= 15 is 0 Å². The molecule has 2 aliphatic heterocycles. The Bertz CT molecular complexity index is 1040. The van der Waals surface area contributed by atoms with Crippen molar-refractivity contribution in [2.75, 3.05) is 31.3 Å². The summed E-state index contributed by atoms with van der Waals surface area (Å²) in [7, 11) is 0. The van der Waals surface area contributed by atoms with Gasteiger partial charge in [-0.05, 0) is 18.6 Å². The van der Waals surface area contributed by atoms with E-state index in [1.165, 1.54) is 6.07 Å². The highest BCUT2D eigenvalue weighted by Gasteiger charge is 2.29. The third kappa shape index (κ3) is 4.43. The summed E-state index contributed by atoms with van der Waals surface area (Å²) in [5.74, 6) is -0.945. The lowest BCUT2D eigenvalue weighted by atomic mass is 10.1. The van der Waals surface area contributed by atoms with Crippen LogP contribution in [0.4, 0.5) is 11.4 Å². The van der Waals surface area contributed by atoms with E-state index in [0.717, 1.165) is 23.1 Å². The van der Waals surface area contributed by atoms with Crippen molar-refractivity contribution in [3.05, 3.63) is 52.1 Å². The molecule has 2 aromatic carbocycles. The number of nitro groups is 1. The third-order valence-corrected chi connectivity index (χ3v) is 6.19. The Morgan fingerprint density at radius 1 is 1.23 bits per heavy atom. The van der Waals surface area contributed by atoms with Crippen molar-refractivity contribution in [2.24, 2.45) is 0 Å². The van der Waals surface area contributed by atoms with Crippen LogP contribution in [0.25, 0.3) is 0 Å². The van der Waals surface area contributed by atoms with Crippen molar-refractivity contribution < 1.29 is 28.7 Å². The number of para-hydroxylation sites is 1. The first kappa shape index (κ1) is 21.0. The fraction of sp³-hybridized carbons (Fsp3) is 0.333. The van der Waals surface area contributed by atoms with Crippen LogP contribution in [0.15, 0.2) is 41.3 Å². The average Bonchev–Trinajstić information content (AvgIpc) is 2.94. The molecule has 2 heterocycles. The maximum atomic E-state index is 12.9. The highest BCUT2D eigenvalue weighted by Crippen LogP contribution is 2.38. The van der Waals surface area contributed by atoms with Crippen molar-refractivity contribution in [3.63, 3.8) is 0 Å². The Morgan fingerprint density at radius 3 is 2.68 bits per heavy atom. The normalized spacial score (nSPS) is 17.3. The summed E-state index contributed by atoms with van der Waals surface area (Å²) in [5.41, 5.74) is 0.0118. The third-order valence-electron chi connectivity index (χ3n) is 4.95. The molecule has 2 aromatic rings. The average molecular weight is 444 g/mol. The van der Waals surface area contributed by atoms with Crippen LogP contribution in [0.1, 0.15) is 23.7 Å². The molecule has 0 radical (unpaired) electrons. The van der Waals surface area contributed by atoms with E-state index in [9.17, 15) is 19.7 Å². The smallest absolute Gasteiger partial charge is 0.345 e. The Labute approximate surface area is 182 Å². The summed E-state index contributed by atoms with van der Waals surface area (Å²) in [4.78, 5) is 38.8. The number of carbonyl (C=O) groups excluding carboxylic acids is 2. The van der Waals surface area contributed by atoms with Crippen LogP contribution in [0, 0.1) is 10.1 Å². The minimum absolute atomic E-state index is 0.193. The highest BCUT2D eigenvalue weighted by molar-refractivity contribution is 8.00.